The van der Waals surface area contributed by atoms with E-state index in [2.05, 4.69) is 41.3 Å². The topological polar surface area (TPSA) is 40.6 Å². The van der Waals surface area contributed by atoms with E-state index in [9.17, 15) is 9.59 Å². The molecule has 0 aromatic heterocycles. The first kappa shape index (κ1) is 22.1. The summed E-state index contributed by atoms with van der Waals surface area (Å²) in [6, 6.07) is 26.5. The molecule has 2 unspecified atom stereocenters. The van der Waals surface area contributed by atoms with Crippen molar-refractivity contribution in [1.29, 1.82) is 0 Å². The maximum absolute atomic E-state index is 13.7. The van der Waals surface area contributed by atoms with Crippen LogP contribution in [0.2, 0.25) is 0 Å². The molecule has 4 nitrogen and oxygen atoms in total. The number of carbonyl (C=O) groups is 2. The number of ketones is 1. The molecule has 1 heterocycles. The van der Waals surface area contributed by atoms with E-state index in [-0.39, 0.29) is 23.5 Å². The molecule has 0 bridgehead atoms. The van der Waals surface area contributed by atoms with Crippen molar-refractivity contribution < 1.29 is 9.59 Å². The standard InChI is InChI=1S/C30H30N2O2/c1-20-8-7-11-25(16-20)32-27-17-23(21-9-5-4-6-10-21)18-28(33)30(27)26(19-29(32)34)22-12-14-24(15-13-22)31(2)3/h4-16,23,26H,17-19H2,1-3H3. The zero-order valence-corrected chi connectivity index (χ0v) is 20.0. The average molecular weight is 451 g/mol. The monoisotopic (exact) mass is 450 g/mol. The number of anilines is 2. The molecule has 2 atom stereocenters. The van der Waals surface area contributed by atoms with Gasteiger partial charge >= 0.3 is 0 Å². The smallest absolute Gasteiger partial charge is 0.232 e. The van der Waals surface area contributed by atoms with E-state index in [4.69, 9.17) is 0 Å². The first-order valence-electron chi connectivity index (χ1n) is 11.9. The third kappa shape index (κ3) is 4.05. The van der Waals surface area contributed by atoms with Crippen LogP contribution in [0.3, 0.4) is 0 Å². The van der Waals surface area contributed by atoms with Crippen LogP contribution in [-0.2, 0) is 9.59 Å². The lowest BCUT2D eigenvalue weighted by Gasteiger charge is -2.40. The minimum atomic E-state index is -0.205. The number of amides is 1. The Morgan fingerprint density at radius 2 is 1.53 bits per heavy atom. The Kier molecular flexibility index (Phi) is 5.82. The number of rotatable bonds is 4. The molecule has 172 valence electrons. The second kappa shape index (κ2) is 8.94. The van der Waals surface area contributed by atoms with E-state index in [1.807, 2.05) is 68.4 Å². The maximum Gasteiger partial charge on any atom is 0.232 e. The fourth-order valence-corrected chi connectivity index (χ4v) is 5.35. The second-order valence-electron chi connectivity index (χ2n) is 9.61. The van der Waals surface area contributed by atoms with Crippen LogP contribution in [0.4, 0.5) is 11.4 Å². The van der Waals surface area contributed by atoms with Gasteiger partial charge in [0.05, 0.1) is 0 Å². The van der Waals surface area contributed by atoms with Crippen LogP contribution in [0.15, 0.2) is 90.1 Å². The second-order valence-corrected chi connectivity index (χ2v) is 9.61. The minimum Gasteiger partial charge on any atom is -0.378 e. The number of Topliss-reactive ketones (excluding diaryl/α,β-unsaturated/α-hetero) is 1. The Morgan fingerprint density at radius 3 is 2.21 bits per heavy atom. The van der Waals surface area contributed by atoms with Gasteiger partial charge in [-0.1, -0.05) is 54.6 Å². The molecule has 0 fully saturated rings. The van der Waals surface area contributed by atoms with Gasteiger partial charge in [0.2, 0.25) is 5.91 Å². The largest absolute Gasteiger partial charge is 0.378 e. The number of hydrogen-bond acceptors (Lipinski definition) is 3. The van der Waals surface area contributed by atoms with Gasteiger partial charge in [-0.25, -0.2) is 0 Å². The normalized spacial score (nSPS) is 20.4. The van der Waals surface area contributed by atoms with Gasteiger partial charge < -0.3 is 4.90 Å². The summed E-state index contributed by atoms with van der Waals surface area (Å²) in [4.78, 5) is 31.2. The number of hydrogen-bond donors (Lipinski definition) is 0. The van der Waals surface area contributed by atoms with Crippen molar-refractivity contribution in [3.05, 3.63) is 107 Å². The van der Waals surface area contributed by atoms with Gasteiger partial charge in [0.15, 0.2) is 5.78 Å². The number of aryl methyl sites for hydroxylation is 1. The number of benzene rings is 3. The van der Waals surface area contributed by atoms with Crippen molar-refractivity contribution in [2.75, 3.05) is 23.9 Å². The van der Waals surface area contributed by atoms with Crippen LogP contribution in [-0.4, -0.2) is 25.8 Å². The summed E-state index contributed by atoms with van der Waals surface area (Å²) < 4.78 is 0. The molecule has 34 heavy (non-hydrogen) atoms. The Bertz CT molecular complexity index is 1260. The fraction of sp³-hybridized carbons (Fsp3) is 0.267. The first-order chi connectivity index (χ1) is 16.4. The minimum absolute atomic E-state index is 0.0487. The lowest BCUT2D eigenvalue weighted by molar-refractivity contribution is -0.120. The molecule has 5 rings (SSSR count). The maximum atomic E-state index is 13.7. The highest BCUT2D eigenvalue weighted by Gasteiger charge is 2.42. The van der Waals surface area contributed by atoms with Gasteiger partial charge in [0, 0.05) is 55.5 Å². The van der Waals surface area contributed by atoms with Gasteiger partial charge in [-0.2, -0.15) is 0 Å². The van der Waals surface area contributed by atoms with E-state index >= 15 is 0 Å². The van der Waals surface area contributed by atoms with Gasteiger partial charge in [-0.05, 0) is 60.2 Å². The fourth-order valence-electron chi connectivity index (χ4n) is 5.35. The molecule has 1 amide bonds. The lowest BCUT2D eigenvalue weighted by atomic mass is 9.72. The van der Waals surface area contributed by atoms with Crippen molar-refractivity contribution in [2.45, 2.75) is 38.0 Å². The van der Waals surface area contributed by atoms with Gasteiger partial charge in [0.25, 0.3) is 0 Å². The van der Waals surface area contributed by atoms with Crippen LogP contribution in [0.5, 0.6) is 0 Å². The Hall–Kier alpha value is -3.66. The first-order valence-corrected chi connectivity index (χ1v) is 11.9. The van der Waals surface area contributed by atoms with Crippen LogP contribution in [0, 0.1) is 6.92 Å². The molecule has 3 aromatic carbocycles. The summed E-state index contributed by atoms with van der Waals surface area (Å²) in [6.07, 6.45) is 1.46. The van der Waals surface area contributed by atoms with E-state index < -0.39 is 0 Å². The lowest BCUT2D eigenvalue weighted by Crippen LogP contribution is -2.41. The Morgan fingerprint density at radius 1 is 0.794 bits per heavy atom. The van der Waals surface area contributed by atoms with Crippen molar-refractivity contribution in [3.8, 4) is 0 Å². The van der Waals surface area contributed by atoms with E-state index in [1.165, 1.54) is 0 Å². The summed E-state index contributed by atoms with van der Waals surface area (Å²) in [5, 5.41) is 0. The molecular formula is C30H30N2O2. The van der Waals surface area contributed by atoms with Crippen LogP contribution < -0.4 is 9.80 Å². The van der Waals surface area contributed by atoms with E-state index in [1.54, 1.807) is 0 Å². The van der Waals surface area contributed by atoms with Gasteiger partial charge in [-0.3, -0.25) is 14.5 Å². The average Bonchev–Trinajstić information content (AvgIpc) is 2.84. The highest BCUT2D eigenvalue weighted by Crippen LogP contribution is 2.47. The molecule has 3 aromatic rings. The summed E-state index contributed by atoms with van der Waals surface area (Å²) >= 11 is 0. The Balaban J connectivity index is 1.63. The van der Waals surface area contributed by atoms with Crippen molar-refractivity contribution >= 4 is 23.1 Å². The number of carbonyl (C=O) groups excluding carboxylic acids is 2. The quantitative estimate of drug-likeness (QED) is 0.491. The summed E-state index contributed by atoms with van der Waals surface area (Å²) in [7, 11) is 4.02. The number of nitrogens with zero attached hydrogens (tertiary/aromatic N) is 2. The van der Waals surface area contributed by atoms with Crippen molar-refractivity contribution in [1.82, 2.24) is 0 Å². The highest BCUT2D eigenvalue weighted by molar-refractivity contribution is 6.08. The molecule has 2 aliphatic rings. The zero-order valence-electron chi connectivity index (χ0n) is 20.0. The Labute approximate surface area is 201 Å². The van der Waals surface area contributed by atoms with Gasteiger partial charge in [-0.15, -0.1) is 0 Å². The third-order valence-electron chi connectivity index (χ3n) is 7.07. The zero-order chi connectivity index (χ0) is 23.8. The summed E-state index contributed by atoms with van der Waals surface area (Å²) in [5.74, 6) is 0.0703. The highest BCUT2D eigenvalue weighted by atomic mass is 16.2. The summed E-state index contributed by atoms with van der Waals surface area (Å²) in [5.41, 5.74) is 6.90. The van der Waals surface area contributed by atoms with Crippen LogP contribution in [0.1, 0.15) is 47.8 Å². The molecule has 0 radical (unpaired) electrons. The molecule has 0 saturated carbocycles. The third-order valence-corrected chi connectivity index (χ3v) is 7.07. The molecule has 0 saturated heterocycles. The summed E-state index contributed by atoms with van der Waals surface area (Å²) in [6.45, 7) is 2.03. The van der Waals surface area contributed by atoms with Crippen molar-refractivity contribution in [2.24, 2.45) is 0 Å². The molecule has 4 heteroatoms. The van der Waals surface area contributed by atoms with Crippen LogP contribution in [0.25, 0.3) is 0 Å². The molecular weight excluding hydrogens is 420 g/mol. The van der Waals surface area contributed by atoms with E-state index in [0.717, 1.165) is 39.3 Å². The predicted molar refractivity (Wildman–Crippen MR) is 137 cm³/mol. The van der Waals surface area contributed by atoms with Gasteiger partial charge in [0.1, 0.15) is 0 Å². The van der Waals surface area contributed by atoms with Crippen LogP contribution >= 0.6 is 0 Å². The predicted octanol–water partition coefficient (Wildman–Crippen LogP) is 5.98. The molecule has 1 aliphatic carbocycles. The molecule has 0 spiro atoms. The molecule has 1 aliphatic heterocycles. The van der Waals surface area contributed by atoms with E-state index in [0.29, 0.717) is 19.3 Å². The van der Waals surface area contributed by atoms with Crippen molar-refractivity contribution in [3.63, 3.8) is 0 Å². The SMILES string of the molecule is Cc1cccc(N2C(=O)CC(c3ccc(N(C)C)cc3)C3=C2CC(c2ccccc2)CC3=O)c1. The molecule has 0 N–H and O–H groups in total. The number of allylic oxidation sites excluding steroid dienone is 2.